The molecule has 1 rings (SSSR count). The van der Waals surface area contributed by atoms with Crippen molar-refractivity contribution in [2.45, 2.75) is 77.2 Å². The number of esters is 1. The van der Waals surface area contributed by atoms with Crippen LogP contribution in [0.3, 0.4) is 0 Å². The second-order valence-electron chi connectivity index (χ2n) is 5.69. The lowest BCUT2D eigenvalue weighted by Gasteiger charge is -2.34. The van der Waals surface area contributed by atoms with Crippen LogP contribution < -0.4 is 0 Å². The SMILES string of the molecule is CCCCCCCCC[C@]1(CO)CC=C(C)C(=O)O1. The van der Waals surface area contributed by atoms with Gasteiger partial charge in [-0.3, -0.25) is 0 Å². The van der Waals surface area contributed by atoms with Crippen LogP contribution in [-0.2, 0) is 9.53 Å². The number of unbranched alkanes of at least 4 members (excludes halogenated alkanes) is 6. The van der Waals surface area contributed by atoms with Gasteiger partial charge in [-0.1, -0.05) is 51.5 Å². The van der Waals surface area contributed by atoms with Crippen LogP contribution in [-0.4, -0.2) is 23.3 Å². The molecule has 0 saturated heterocycles. The minimum Gasteiger partial charge on any atom is -0.453 e. The van der Waals surface area contributed by atoms with Crippen LogP contribution in [0.2, 0.25) is 0 Å². The van der Waals surface area contributed by atoms with Crippen LogP contribution in [0.15, 0.2) is 11.6 Å². The lowest BCUT2D eigenvalue weighted by molar-refractivity contribution is -0.162. The Morgan fingerprint density at radius 3 is 2.42 bits per heavy atom. The van der Waals surface area contributed by atoms with E-state index in [-0.39, 0.29) is 12.6 Å². The third-order valence-electron chi connectivity index (χ3n) is 3.94. The van der Waals surface area contributed by atoms with Gasteiger partial charge in [0.25, 0.3) is 0 Å². The first-order valence-electron chi connectivity index (χ1n) is 7.64. The Morgan fingerprint density at radius 1 is 1.21 bits per heavy atom. The lowest BCUT2D eigenvalue weighted by atomic mass is 9.90. The molecule has 1 heterocycles. The Kier molecular flexibility index (Phi) is 7.14. The summed E-state index contributed by atoms with van der Waals surface area (Å²) in [7, 11) is 0. The zero-order chi connectivity index (χ0) is 14.1. The molecule has 0 amide bonds. The highest BCUT2D eigenvalue weighted by atomic mass is 16.6. The smallest absolute Gasteiger partial charge is 0.334 e. The largest absolute Gasteiger partial charge is 0.453 e. The number of aliphatic hydroxyl groups excluding tert-OH is 1. The summed E-state index contributed by atoms with van der Waals surface area (Å²) >= 11 is 0. The average Bonchev–Trinajstić information content (AvgIpc) is 2.42. The molecule has 19 heavy (non-hydrogen) atoms. The van der Waals surface area contributed by atoms with E-state index in [2.05, 4.69) is 6.92 Å². The van der Waals surface area contributed by atoms with E-state index in [0.29, 0.717) is 12.0 Å². The number of cyclic esters (lactones) is 1. The van der Waals surface area contributed by atoms with E-state index in [4.69, 9.17) is 4.74 Å². The molecule has 1 N–H and O–H groups in total. The summed E-state index contributed by atoms with van der Waals surface area (Å²) in [6.07, 6.45) is 11.9. The van der Waals surface area contributed by atoms with Crippen LogP contribution >= 0.6 is 0 Å². The maximum absolute atomic E-state index is 11.6. The molecular formula is C16H28O3. The van der Waals surface area contributed by atoms with Gasteiger partial charge in [-0.2, -0.15) is 0 Å². The molecule has 0 unspecified atom stereocenters. The fourth-order valence-corrected chi connectivity index (χ4v) is 2.47. The minimum atomic E-state index is -0.653. The maximum atomic E-state index is 11.6. The van der Waals surface area contributed by atoms with Gasteiger partial charge in [0.2, 0.25) is 0 Å². The second-order valence-corrected chi connectivity index (χ2v) is 5.69. The summed E-state index contributed by atoms with van der Waals surface area (Å²) in [6, 6.07) is 0. The Labute approximate surface area is 117 Å². The number of rotatable bonds is 9. The molecule has 3 heteroatoms. The Hall–Kier alpha value is -0.830. The van der Waals surface area contributed by atoms with Gasteiger partial charge in [0.05, 0.1) is 6.61 Å². The van der Waals surface area contributed by atoms with Gasteiger partial charge in [-0.15, -0.1) is 0 Å². The first-order valence-corrected chi connectivity index (χ1v) is 7.64. The van der Waals surface area contributed by atoms with Gasteiger partial charge in [0, 0.05) is 12.0 Å². The van der Waals surface area contributed by atoms with E-state index in [1.54, 1.807) is 6.92 Å². The predicted octanol–water partition coefficient (Wildman–Crippen LogP) is 3.75. The molecule has 0 aromatic carbocycles. The predicted molar refractivity (Wildman–Crippen MR) is 76.9 cm³/mol. The standard InChI is InChI=1S/C16H28O3/c1-3-4-5-6-7-8-9-11-16(13-17)12-10-14(2)15(18)19-16/h10,17H,3-9,11-13H2,1-2H3/t16-/m1/s1. The number of hydrogen-bond donors (Lipinski definition) is 1. The second kappa shape index (κ2) is 8.36. The summed E-state index contributed by atoms with van der Waals surface area (Å²) < 4.78 is 5.42. The molecule has 3 nitrogen and oxygen atoms in total. The van der Waals surface area contributed by atoms with Crippen molar-refractivity contribution >= 4 is 5.97 Å². The summed E-state index contributed by atoms with van der Waals surface area (Å²) in [5.41, 5.74) is 0.00338. The van der Waals surface area contributed by atoms with Gasteiger partial charge in [-0.05, 0) is 19.8 Å². The van der Waals surface area contributed by atoms with Crippen molar-refractivity contribution in [3.63, 3.8) is 0 Å². The van der Waals surface area contributed by atoms with Crippen molar-refractivity contribution in [1.29, 1.82) is 0 Å². The Bertz CT molecular complexity index is 309. The zero-order valence-corrected chi connectivity index (χ0v) is 12.4. The molecule has 0 spiro atoms. The lowest BCUT2D eigenvalue weighted by Crippen LogP contribution is -2.41. The van der Waals surface area contributed by atoms with Crippen molar-refractivity contribution < 1.29 is 14.6 Å². The maximum Gasteiger partial charge on any atom is 0.334 e. The topological polar surface area (TPSA) is 46.5 Å². The van der Waals surface area contributed by atoms with Crippen LogP contribution in [0.1, 0.15) is 71.6 Å². The molecule has 0 aliphatic carbocycles. The van der Waals surface area contributed by atoms with Crippen LogP contribution in [0.25, 0.3) is 0 Å². The fraction of sp³-hybridized carbons (Fsp3) is 0.812. The highest BCUT2D eigenvalue weighted by molar-refractivity contribution is 5.88. The molecule has 0 radical (unpaired) electrons. The third-order valence-corrected chi connectivity index (χ3v) is 3.94. The summed E-state index contributed by atoms with van der Waals surface area (Å²) in [6.45, 7) is 3.91. The zero-order valence-electron chi connectivity index (χ0n) is 12.4. The van der Waals surface area contributed by atoms with Crippen LogP contribution in [0.5, 0.6) is 0 Å². The molecule has 110 valence electrons. The summed E-state index contributed by atoms with van der Waals surface area (Å²) in [5.74, 6) is -0.275. The minimum absolute atomic E-state index is 0.0711. The number of ether oxygens (including phenoxy) is 1. The molecular weight excluding hydrogens is 240 g/mol. The number of carbonyl (C=O) groups excluding carboxylic acids is 1. The highest BCUT2D eigenvalue weighted by Crippen LogP contribution is 2.29. The molecule has 0 saturated carbocycles. The van der Waals surface area contributed by atoms with Gasteiger partial charge >= 0.3 is 5.97 Å². The van der Waals surface area contributed by atoms with Gasteiger partial charge in [-0.25, -0.2) is 4.79 Å². The monoisotopic (exact) mass is 268 g/mol. The van der Waals surface area contributed by atoms with Crippen molar-refractivity contribution in [3.8, 4) is 0 Å². The van der Waals surface area contributed by atoms with E-state index in [1.807, 2.05) is 6.08 Å². The van der Waals surface area contributed by atoms with E-state index in [1.165, 1.54) is 32.1 Å². The van der Waals surface area contributed by atoms with Crippen molar-refractivity contribution in [1.82, 2.24) is 0 Å². The first kappa shape index (κ1) is 16.2. The van der Waals surface area contributed by atoms with E-state index in [0.717, 1.165) is 19.3 Å². The van der Waals surface area contributed by atoms with Crippen LogP contribution in [0, 0.1) is 0 Å². The van der Waals surface area contributed by atoms with Crippen molar-refractivity contribution in [2.75, 3.05) is 6.61 Å². The van der Waals surface area contributed by atoms with Gasteiger partial charge in [0.1, 0.15) is 5.60 Å². The van der Waals surface area contributed by atoms with Crippen LogP contribution in [0.4, 0.5) is 0 Å². The first-order chi connectivity index (χ1) is 9.13. The van der Waals surface area contributed by atoms with E-state index >= 15 is 0 Å². The Morgan fingerprint density at radius 2 is 1.84 bits per heavy atom. The normalized spacial score (nSPS) is 23.1. The molecule has 0 bridgehead atoms. The average molecular weight is 268 g/mol. The van der Waals surface area contributed by atoms with Crippen molar-refractivity contribution in [2.24, 2.45) is 0 Å². The summed E-state index contributed by atoms with van der Waals surface area (Å²) in [4.78, 5) is 11.6. The number of aliphatic hydroxyl groups is 1. The van der Waals surface area contributed by atoms with E-state index in [9.17, 15) is 9.90 Å². The van der Waals surface area contributed by atoms with Gasteiger partial charge in [0.15, 0.2) is 0 Å². The third kappa shape index (κ3) is 5.35. The molecule has 0 fully saturated rings. The molecule has 1 aliphatic heterocycles. The molecule has 1 aliphatic rings. The number of carbonyl (C=O) groups is 1. The van der Waals surface area contributed by atoms with Gasteiger partial charge < -0.3 is 9.84 Å². The van der Waals surface area contributed by atoms with E-state index < -0.39 is 5.60 Å². The number of hydrogen-bond acceptors (Lipinski definition) is 3. The van der Waals surface area contributed by atoms with Crippen molar-refractivity contribution in [3.05, 3.63) is 11.6 Å². The Balaban J connectivity index is 2.24. The molecule has 0 aromatic rings. The molecule has 1 atom stereocenters. The highest BCUT2D eigenvalue weighted by Gasteiger charge is 2.35. The quantitative estimate of drug-likeness (QED) is 0.511. The molecule has 0 aromatic heterocycles. The summed E-state index contributed by atoms with van der Waals surface area (Å²) in [5, 5.41) is 9.51. The fourth-order valence-electron chi connectivity index (χ4n) is 2.47.